The average molecular weight is 324 g/mol. The molecule has 1 aromatic heterocycles. The molecule has 2 rings (SSSR count). The van der Waals surface area contributed by atoms with Gasteiger partial charge in [-0.05, 0) is 19.1 Å². The van der Waals surface area contributed by atoms with E-state index in [2.05, 4.69) is 15.3 Å². The van der Waals surface area contributed by atoms with Crippen LogP contribution in [-0.2, 0) is 4.79 Å². The van der Waals surface area contributed by atoms with Gasteiger partial charge in [-0.25, -0.2) is 18.7 Å². The Morgan fingerprint density at radius 3 is 2.55 bits per heavy atom. The predicted molar refractivity (Wildman–Crippen MR) is 81.5 cm³/mol. The highest BCUT2D eigenvalue weighted by molar-refractivity contribution is 7.99. The number of nitrogens with one attached hydrogen (secondary N) is 1. The maximum absolute atomic E-state index is 13.0. The van der Waals surface area contributed by atoms with Gasteiger partial charge in [0, 0.05) is 35.7 Å². The molecule has 8 heteroatoms. The lowest BCUT2D eigenvalue weighted by atomic mass is 10.3. The van der Waals surface area contributed by atoms with E-state index in [-0.39, 0.29) is 18.0 Å². The molecule has 5 nitrogen and oxygen atoms in total. The molecule has 0 radical (unpaired) electrons. The number of carbonyl (C=O) groups is 1. The van der Waals surface area contributed by atoms with Gasteiger partial charge < -0.3 is 11.1 Å². The maximum atomic E-state index is 13.0. The van der Waals surface area contributed by atoms with Gasteiger partial charge in [0.2, 0.25) is 5.91 Å². The number of nitrogens with zero attached hydrogens (tertiary/aromatic N) is 2. The summed E-state index contributed by atoms with van der Waals surface area (Å²) in [5, 5.41) is 2.92. The Bertz CT molecular complexity index is 656. The number of aryl methyl sites for hydroxylation is 1. The number of nitrogen functional groups attached to an aromatic ring is 1. The molecule has 0 saturated carbocycles. The summed E-state index contributed by atoms with van der Waals surface area (Å²) in [6.07, 6.45) is 0.153. The van der Waals surface area contributed by atoms with Crippen LogP contribution < -0.4 is 11.1 Å². The van der Waals surface area contributed by atoms with E-state index in [4.69, 9.17) is 5.73 Å². The standard InChI is InChI=1S/C14H14F2N4OS/c1-8-4-12(17)20-14(18-8)22-3-2-13(21)19-11-6-9(15)5-10(16)7-11/h4-7H,2-3H2,1H3,(H,19,21)(H2,17,18,20). The second-order valence-electron chi connectivity index (χ2n) is 4.52. The van der Waals surface area contributed by atoms with E-state index in [1.54, 1.807) is 13.0 Å². The molecule has 0 atom stereocenters. The van der Waals surface area contributed by atoms with Crippen molar-refractivity contribution in [2.45, 2.75) is 18.5 Å². The number of thioether (sulfide) groups is 1. The van der Waals surface area contributed by atoms with Crippen LogP contribution in [0, 0.1) is 18.6 Å². The summed E-state index contributed by atoms with van der Waals surface area (Å²) in [4.78, 5) is 19.9. The number of anilines is 2. The number of hydrogen-bond donors (Lipinski definition) is 2. The van der Waals surface area contributed by atoms with Crippen LogP contribution in [0.2, 0.25) is 0 Å². The minimum absolute atomic E-state index is 0.0866. The van der Waals surface area contributed by atoms with Gasteiger partial charge in [-0.15, -0.1) is 0 Å². The number of benzene rings is 1. The van der Waals surface area contributed by atoms with Crippen molar-refractivity contribution in [2.24, 2.45) is 0 Å². The molecular formula is C14H14F2N4OS. The lowest BCUT2D eigenvalue weighted by molar-refractivity contribution is -0.115. The van der Waals surface area contributed by atoms with E-state index in [9.17, 15) is 13.6 Å². The third-order valence-electron chi connectivity index (χ3n) is 2.56. The minimum Gasteiger partial charge on any atom is -0.384 e. The molecule has 1 aromatic carbocycles. The van der Waals surface area contributed by atoms with Crippen molar-refractivity contribution >= 4 is 29.2 Å². The first-order valence-corrected chi connectivity index (χ1v) is 7.41. The van der Waals surface area contributed by atoms with Gasteiger partial charge in [-0.1, -0.05) is 11.8 Å². The lowest BCUT2D eigenvalue weighted by Crippen LogP contribution is -2.12. The summed E-state index contributed by atoms with van der Waals surface area (Å²) in [7, 11) is 0. The first-order chi connectivity index (χ1) is 10.4. The molecule has 0 aliphatic heterocycles. The summed E-state index contributed by atoms with van der Waals surface area (Å²) in [5.41, 5.74) is 6.44. The van der Waals surface area contributed by atoms with E-state index < -0.39 is 11.6 Å². The van der Waals surface area contributed by atoms with Crippen LogP contribution in [0.4, 0.5) is 20.3 Å². The fourth-order valence-electron chi connectivity index (χ4n) is 1.71. The molecule has 0 spiro atoms. The molecule has 0 aliphatic carbocycles. The monoisotopic (exact) mass is 324 g/mol. The first kappa shape index (κ1) is 16.2. The predicted octanol–water partition coefficient (Wildman–Crippen LogP) is 2.77. The van der Waals surface area contributed by atoms with Crippen molar-refractivity contribution in [3.05, 3.63) is 41.6 Å². The Hall–Kier alpha value is -2.22. The summed E-state index contributed by atoms with van der Waals surface area (Å²) in [6.45, 7) is 1.80. The summed E-state index contributed by atoms with van der Waals surface area (Å²) in [6, 6.07) is 4.50. The van der Waals surface area contributed by atoms with E-state index in [1.807, 2.05) is 0 Å². The van der Waals surface area contributed by atoms with E-state index in [1.165, 1.54) is 11.8 Å². The number of rotatable bonds is 5. The van der Waals surface area contributed by atoms with Crippen LogP contribution in [0.15, 0.2) is 29.4 Å². The highest BCUT2D eigenvalue weighted by Gasteiger charge is 2.07. The number of carbonyl (C=O) groups excluding carboxylic acids is 1. The first-order valence-electron chi connectivity index (χ1n) is 6.42. The van der Waals surface area contributed by atoms with Crippen LogP contribution in [-0.4, -0.2) is 21.6 Å². The Kier molecular flexibility index (Phi) is 5.26. The lowest BCUT2D eigenvalue weighted by Gasteiger charge is -2.06. The van der Waals surface area contributed by atoms with Crippen molar-refractivity contribution in [2.75, 3.05) is 16.8 Å². The van der Waals surface area contributed by atoms with Gasteiger partial charge in [0.25, 0.3) is 0 Å². The third-order valence-corrected chi connectivity index (χ3v) is 3.41. The van der Waals surface area contributed by atoms with Crippen molar-refractivity contribution in [1.29, 1.82) is 0 Å². The second kappa shape index (κ2) is 7.17. The van der Waals surface area contributed by atoms with Crippen LogP contribution in [0.3, 0.4) is 0 Å². The topological polar surface area (TPSA) is 80.9 Å². The number of hydrogen-bond acceptors (Lipinski definition) is 5. The highest BCUT2D eigenvalue weighted by atomic mass is 32.2. The zero-order chi connectivity index (χ0) is 16.1. The molecule has 0 fully saturated rings. The number of aromatic nitrogens is 2. The smallest absolute Gasteiger partial charge is 0.225 e. The average Bonchev–Trinajstić information content (AvgIpc) is 2.35. The molecule has 0 aliphatic rings. The van der Waals surface area contributed by atoms with Crippen LogP contribution in [0.1, 0.15) is 12.1 Å². The zero-order valence-corrected chi connectivity index (χ0v) is 12.6. The zero-order valence-electron chi connectivity index (χ0n) is 11.8. The molecule has 116 valence electrons. The molecule has 3 N–H and O–H groups in total. The van der Waals surface area contributed by atoms with Gasteiger partial charge in [0.1, 0.15) is 17.5 Å². The molecule has 2 aromatic rings. The molecule has 22 heavy (non-hydrogen) atoms. The molecule has 0 bridgehead atoms. The van der Waals surface area contributed by atoms with Crippen molar-refractivity contribution in [1.82, 2.24) is 9.97 Å². The largest absolute Gasteiger partial charge is 0.384 e. The summed E-state index contributed by atoms with van der Waals surface area (Å²) in [5.74, 6) is -1.04. The number of halogens is 2. The van der Waals surface area contributed by atoms with E-state index in [0.717, 1.165) is 23.9 Å². The van der Waals surface area contributed by atoms with Gasteiger partial charge in [0.15, 0.2) is 5.16 Å². The normalized spacial score (nSPS) is 10.5. The van der Waals surface area contributed by atoms with Crippen molar-refractivity contribution in [3.8, 4) is 0 Å². The number of nitrogens with two attached hydrogens (primary N) is 1. The summed E-state index contributed by atoms with van der Waals surface area (Å²) < 4.78 is 26.0. The molecule has 1 amide bonds. The van der Waals surface area contributed by atoms with Gasteiger partial charge in [0.05, 0.1) is 0 Å². The fourth-order valence-corrected chi connectivity index (χ4v) is 2.56. The highest BCUT2D eigenvalue weighted by Crippen LogP contribution is 2.17. The quantitative estimate of drug-likeness (QED) is 0.653. The maximum Gasteiger partial charge on any atom is 0.225 e. The van der Waals surface area contributed by atoms with Crippen molar-refractivity contribution < 1.29 is 13.6 Å². The van der Waals surface area contributed by atoms with Crippen molar-refractivity contribution in [3.63, 3.8) is 0 Å². The Morgan fingerprint density at radius 2 is 1.91 bits per heavy atom. The van der Waals surface area contributed by atoms with E-state index in [0.29, 0.717) is 16.7 Å². The fraction of sp³-hybridized carbons (Fsp3) is 0.214. The van der Waals surface area contributed by atoms with Crippen LogP contribution >= 0.6 is 11.8 Å². The SMILES string of the molecule is Cc1cc(N)nc(SCCC(=O)Nc2cc(F)cc(F)c2)n1. The van der Waals surface area contributed by atoms with E-state index >= 15 is 0 Å². The Labute approximate surface area is 130 Å². The molecule has 1 heterocycles. The Balaban J connectivity index is 1.85. The Morgan fingerprint density at radius 1 is 1.23 bits per heavy atom. The van der Waals surface area contributed by atoms with Gasteiger partial charge in [-0.3, -0.25) is 4.79 Å². The van der Waals surface area contributed by atoms with Crippen LogP contribution in [0.25, 0.3) is 0 Å². The molecule has 0 unspecified atom stereocenters. The minimum atomic E-state index is -0.742. The van der Waals surface area contributed by atoms with Crippen LogP contribution in [0.5, 0.6) is 0 Å². The molecule has 0 saturated heterocycles. The number of amides is 1. The third kappa shape index (κ3) is 4.96. The summed E-state index contributed by atoms with van der Waals surface area (Å²) >= 11 is 1.28. The molecular weight excluding hydrogens is 310 g/mol. The van der Waals surface area contributed by atoms with Gasteiger partial charge in [-0.2, -0.15) is 0 Å². The second-order valence-corrected chi connectivity index (χ2v) is 5.58. The van der Waals surface area contributed by atoms with Gasteiger partial charge >= 0.3 is 0 Å².